The Bertz CT molecular complexity index is 544. The van der Waals surface area contributed by atoms with E-state index >= 15 is 0 Å². The first-order valence-corrected chi connectivity index (χ1v) is 8.21. The molecule has 21 heavy (non-hydrogen) atoms. The number of rotatable bonds is 5. The van der Waals surface area contributed by atoms with Crippen LogP contribution < -0.4 is 4.74 Å². The molecule has 2 aromatic rings. The lowest BCUT2D eigenvalue weighted by molar-refractivity contribution is 0.124. The van der Waals surface area contributed by atoms with Gasteiger partial charge in [0.15, 0.2) is 0 Å². The molecule has 1 atom stereocenters. The number of hydrogen-bond donors (Lipinski definition) is 0. The normalized spacial score (nSPS) is 19.6. The summed E-state index contributed by atoms with van der Waals surface area (Å²) < 4.78 is 18.6. The van der Waals surface area contributed by atoms with E-state index in [-0.39, 0.29) is 5.82 Å². The van der Waals surface area contributed by atoms with E-state index in [9.17, 15) is 4.39 Å². The van der Waals surface area contributed by atoms with Gasteiger partial charge in [-0.15, -0.1) is 11.3 Å². The Kier molecular flexibility index (Phi) is 4.83. The van der Waals surface area contributed by atoms with Crippen LogP contribution in [-0.2, 0) is 6.54 Å². The molecule has 0 bridgehead atoms. The Morgan fingerprint density at radius 2 is 2.19 bits per heavy atom. The summed E-state index contributed by atoms with van der Waals surface area (Å²) in [6, 6.07) is 6.24. The lowest BCUT2D eigenvalue weighted by Crippen LogP contribution is -2.37. The summed E-state index contributed by atoms with van der Waals surface area (Å²) in [6.45, 7) is 3.79. The molecule has 1 aliphatic rings. The number of piperidine rings is 1. The third-order valence-electron chi connectivity index (χ3n) is 3.77. The number of benzene rings is 1. The topological polar surface area (TPSA) is 25.4 Å². The minimum absolute atomic E-state index is 0.227. The molecule has 5 heteroatoms. The lowest BCUT2D eigenvalue weighted by atomic mass is 9.99. The van der Waals surface area contributed by atoms with E-state index in [4.69, 9.17) is 4.74 Å². The zero-order chi connectivity index (χ0) is 14.5. The molecule has 2 heterocycles. The van der Waals surface area contributed by atoms with Crippen LogP contribution in [0, 0.1) is 11.7 Å². The van der Waals surface area contributed by atoms with Crippen LogP contribution in [0.2, 0.25) is 0 Å². The van der Waals surface area contributed by atoms with Crippen molar-refractivity contribution < 1.29 is 9.13 Å². The zero-order valence-electron chi connectivity index (χ0n) is 11.9. The molecule has 0 saturated carbocycles. The standard InChI is InChI=1S/C16H19FN2OS/c17-14-3-5-16(6-4-14)20-10-13-2-1-7-19(8-13)9-15-11-21-12-18-15/h3-6,11-13H,1-2,7-10H2/t13-/m0/s1. The SMILES string of the molecule is Fc1ccc(OC[C@H]2CCCN(Cc3cscn3)C2)cc1. The van der Waals surface area contributed by atoms with Crippen molar-refractivity contribution in [2.24, 2.45) is 5.92 Å². The summed E-state index contributed by atoms with van der Waals surface area (Å²) in [5.41, 5.74) is 3.04. The maximum atomic E-state index is 12.8. The molecule has 0 N–H and O–H groups in total. The number of thiazole rings is 1. The monoisotopic (exact) mass is 306 g/mol. The van der Waals surface area contributed by atoms with Crippen LogP contribution in [-0.4, -0.2) is 29.6 Å². The molecule has 1 aliphatic heterocycles. The van der Waals surface area contributed by atoms with Crippen LogP contribution in [0.25, 0.3) is 0 Å². The van der Waals surface area contributed by atoms with Crippen molar-refractivity contribution >= 4 is 11.3 Å². The maximum absolute atomic E-state index is 12.8. The lowest BCUT2D eigenvalue weighted by Gasteiger charge is -2.32. The van der Waals surface area contributed by atoms with Gasteiger partial charge in [0.25, 0.3) is 0 Å². The molecular weight excluding hydrogens is 287 g/mol. The van der Waals surface area contributed by atoms with Crippen LogP contribution in [0.1, 0.15) is 18.5 Å². The van der Waals surface area contributed by atoms with Crippen LogP contribution in [0.15, 0.2) is 35.2 Å². The molecule has 1 fully saturated rings. The van der Waals surface area contributed by atoms with Gasteiger partial charge in [-0.05, 0) is 43.7 Å². The van der Waals surface area contributed by atoms with Gasteiger partial charge < -0.3 is 4.74 Å². The predicted octanol–water partition coefficient (Wildman–Crippen LogP) is 3.57. The Hall–Kier alpha value is -1.46. The Morgan fingerprint density at radius 3 is 2.95 bits per heavy atom. The van der Waals surface area contributed by atoms with E-state index in [1.807, 2.05) is 5.51 Å². The van der Waals surface area contributed by atoms with E-state index in [0.29, 0.717) is 12.5 Å². The third kappa shape index (κ3) is 4.25. The molecule has 0 unspecified atom stereocenters. The number of aromatic nitrogens is 1. The summed E-state index contributed by atoms with van der Waals surface area (Å²) in [5.74, 6) is 1.05. The fraction of sp³-hybridized carbons (Fsp3) is 0.438. The average Bonchev–Trinajstić information content (AvgIpc) is 3.00. The first kappa shape index (κ1) is 14.5. The van der Waals surface area contributed by atoms with Gasteiger partial charge in [-0.25, -0.2) is 9.37 Å². The Balaban J connectivity index is 1.48. The third-order valence-corrected chi connectivity index (χ3v) is 4.41. The van der Waals surface area contributed by atoms with E-state index in [1.165, 1.54) is 25.0 Å². The molecule has 0 spiro atoms. The van der Waals surface area contributed by atoms with Crippen molar-refractivity contribution in [3.63, 3.8) is 0 Å². The zero-order valence-corrected chi connectivity index (χ0v) is 12.7. The Morgan fingerprint density at radius 1 is 1.33 bits per heavy atom. The minimum atomic E-state index is -0.227. The van der Waals surface area contributed by atoms with Gasteiger partial charge in [-0.2, -0.15) is 0 Å². The summed E-state index contributed by atoms with van der Waals surface area (Å²) >= 11 is 1.64. The van der Waals surface area contributed by atoms with Gasteiger partial charge >= 0.3 is 0 Å². The van der Waals surface area contributed by atoms with Crippen molar-refractivity contribution in [1.82, 2.24) is 9.88 Å². The molecule has 3 rings (SSSR count). The molecule has 0 aliphatic carbocycles. The first-order valence-electron chi connectivity index (χ1n) is 7.27. The second-order valence-electron chi connectivity index (χ2n) is 5.49. The van der Waals surface area contributed by atoms with E-state index in [0.717, 1.165) is 31.1 Å². The Labute approximate surface area is 128 Å². The highest BCUT2D eigenvalue weighted by Crippen LogP contribution is 2.20. The van der Waals surface area contributed by atoms with Gasteiger partial charge in [0.05, 0.1) is 17.8 Å². The van der Waals surface area contributed by atoms with Crippen LogP contribution >= 0.6 is 11.3 Å². The molecule has 0 radical (unpaired) electrons. The van der Waals surface area contributed by atoms with Crippen LogP contribution in [0.4, 0.5) is 4.39 Å². The predicted molar refractivity (Wildman–Crippen MR) is 82.0 cm³/mol. The highest BCUT2D eigenvalue weighted by molar-refractivity contribution is 7.07. The van der Waals surface area contributed by atoms with Crippen molar-refractivity contribution in [1.29, 1.82) is 0 Å². The quantitative estimate of drug-likeness (QED) is 0.844. The summed E-state index contributed by atoms with van der Waals surface area (Å²) in [7, 11) is 0. The summed E-state index contributed by atoms with van der Waals surface area (Å²) in [4.78, 5) is 6.79. The molecule has 1 aromatic heterocycles. The first-order chi connectivity index (χ1) is 10.3. The number of nitrogens with zero attached hydrogens (tertiary/aromatic N) is 2. The molecule has 0 amide bonds. The van der Waals surface area contributed by atoms with Gasteiger partial charge in [0.1, 0.15) is 11.6 Å². The number of halogens is 1. The van der Waals surface area contributed by atoms with Gasteiger partial charge in [0.2, 0.25) is 0 Å². The smallest absolute Gasteiger partial charge is 0.123 e. The second kappa shape index (κ2) is 7.00. The molecule has 1 saturated heterocycles. The van der Waals surface area contributed by atoms with Gasteiger partial charge in [0, 0.05) is 24.4 Å². The van der Waals surface area contributed by atoms with Crippen molar-refractivity contribution in [2.45, 2.75) is 19.4 Å². The maximum Gasteiger partial charge on any atom is 0.123 e. The summed E-state index contributed by atoms with van der Waals surface area (Å²) in [5, 5.41) is 2.11. The largest absolute Gasteiger partial charge is 0.493 e. The minimum Gasteiger partial charge on any atom is -0.493 e. The fourth-order valence-electron chi connectivity index (χ4n) is 2.72. The number of ether oxygens (including phenoxy) is 1. The van der Waals surface area contributed by atoms with Gasteiger partial charge in [-0.3, -0.25) is 4.90 Å². The molecule has 3 nitrogen and oxygen atoms in total. The van der Waals surface area contributed by atoms with Crippen LogP contribution in [0.5, 0.6) is 5.75 Å². The van der Waals surface area contributed by atoms with Crippen molar-refractivity contribution in [3.05, 3.63) is 46.7 Å². The van der Waals surface area contributed by atoms with E-state index in [2.05, 4.69) is 15.3 Å². The van der Waals surface area contributed by atoms with Crippen LogP contribution in [0.3, 0.4) is 0 Å². The van der Waals surface area contributed by atoms with Gasteiger partial charge in [-0.1, -0.05) is 0 Å². The van der Waals surface area contributed by atoms with Crippen molar-refractivity contribution in [2.75, 3.05) is 19.7 Å². The molecule has 112 valence electrons. The second-order valence-corrected chi connectivity index (χ2v) is 6.21. The number of hydrogen-bond acceptors (Lipinski definition) is 4. The summed E-state index contributed by atoms with van der Waals surface area (Å²) in [6.07, 6.45) is 2.39. The molecular formula is C16H19FN2OS. The fourth-order valence-corrected chi connectivity index (χ4v) is 3.27. The van der Waals surface area contributed by atoms with Crippen molar-refractivity contribution in [3.8, 4) is 5.75 Å². The molecule has 1 aromatic carbocycles. The number of likely N-dealkylation sites (tertiary alicyclic amines) is 1. The average molecular weight is 306 g/mol. The van der Waals surface area contributed by atoms with E-state index in [1.54, 1.807) is 23.5 Å². The highest BCUT2D eigenvalue weighted by Gasteiger charge is 2.21. The van der Waals surface area contributed by atoms with E-state index < -0.39 is 0 Å². The highest BCUT2D eigenvalue weighted by atomic mass is 32.1.